The zero-order valence-electron chi connectivity index (χ0n) is 17.1. The molecule has 2 amide bonds. The number of hydrogen-bond donors (Lipinski definition) is 2. The van der Waals surface area contributed by atoms with Crippen molar-refractivity contribution in [3.8, 4) is 0 Å². The van der Waals surface area contributed by atoms with Gasteiger partial charge in [-0.1, -0.05) is 11.6 Å². The van der Waals surface area contributed by atoms with E-state index in [9.17, 15) is 9.59 Å². The number of carbonyl (C=O) groups is 2. The first-order chi connectivity index (χ1) is 14.3. The molecular formula is C21H23ClN6O2. The maximum absolute atomic E-state index is 12.9. The standard InChI is InChI=1S/C21H23ClN6O2/c1-12(2)28-20-14(10-24-28)8-16(13(3)25-20)21(30)26-15-4-5-18(17(22)9-15)27-7-6-23-19(29)11-27/h4-5,8-10,12H,6-7,11H2,1-3H3,(H,23,29)(H,26,30). The van der Waals surface area contributed by atoms with Gasteiger partial charge in [0.1, 0.15) is 0 Å². The van der Waals surface area contributed by atoms with Gasteiger partial charge in [0.25, 0.3) is 5.91 Å². The summed E-state index contributed by atoms with van der Waals surface area (Å²) in [5.41, 5.74) is 3.22. The molecule has 3 aromatic rings. The van der Waals surface area contributed by atoms with Crippen LogP contribution in [-0.4, -0.2) is 46.2 Å². The molecule has 8 nitrogen and oxygen atoms in total. The molecule has 2 aromatic heterocycles. The topological polar surface area (TPSA) is 92.2 Å². The minimum Gasteiger partial charge on any atom is -0.359 e. The highest BCUT2D eigenvalue weighted by atomic mass is 35.5. The Hall–Kier alpha value is -3.13. The van der Waals surface area contributed by atoms with E-state index in [-0.39, 0.29) is 24.4 Å². The molecule has 9 heteroatoms. The van der Waals surface area contributed by atoms with Crippen LogP contribution in [-0.2, 0) is 4.79 Å². The van der Waals surface area contributed by atoms with Gasteiger partial charge in [-0.05, 0) is 45.0 Å². The molecule has 4 rings (SSSR count). The summed E-state index contributed by atoms with van der Waals surface area (Å²) in [6.45, 7) is 7.41. The van der Waals surface area contributed by atoms with Crippen molar-refractivity contribution in [2.24, 2.45) is 0 Å². The molecule has 0 aliphatic carbocycles. The van der Waals surface area contributed by atoms with Crippen LogP contribution in [0.5, 0.6) is 0 Å². The van der Waals surface area contributed by atoms with Crippen LogP contribution in [0.25, 0.3) is 11.0 Å². The number of nitrogens with one attached hydrogen (secondary N) is 2. The molecule has 1 aromatic carbocycles. The van der Waals surface area contributed by atoms with Crippen molar-refractivity contribution in [1.82, 2.24) is 20.1 Å². The van der Waals surface area contributed by atoms with Crippen LogP contribution in [0.3, 0.4) is 0 Å². The number of anilines is 2. The lowest BCUT2D eigenvalue weighted by molar-refractivity contribution is -0.120. The summed E-state index contributed by atoms with van der Waals surface area (Å²) >= 11 is 6.43. The Balaban J connectivity index is 1.56. The first-order valence-electron chi connectivity index (χ1n) is 9.81. The number of rotatable bonds is 4. The number of amides is 2. The first kappa shape index (κ1) is 20.2. The molecule has 1 saturated heterocycles. The van der Waals surface area contributed by atoms with E-state index in [1.807, 2.05) is 36.4 Å². The van der Waals surface area contributed by atoms with Gasteiger partial charge in [0.05, 0.1) is 34.7 Å². The van der Waals surface area contributed by atoms with Crippen molar-refractivity contribution in [2.45, 2.75) is 26.8 Å². The van der Waals surface area contributed by atoms with Gasteiger partial charge in [0.15, 0.2) is 5.65 Å². The smallest absolute Gasteiger partial charge is 0.257 e. The van der Waals surface area contributed by atoms with E-state index < -0.39 is 0 Å². The maximum atomic E-state index is 12.9. The van der Waals surface area contributed by atoms with Gasteiger partial charge in [0, 0.05) is 30.2 Å². The molecule has 0 radical (unpaired) electrons. The summed E-state index contributed by atoms with van der Waals surface area (Å²) in [7, 11) is 0. The van der Waals surface area contributed by atoms with E-state index in [2.05, 4.69) is 20.7 Å². The highest BCUT2D eigenvalue weighted by Crippen LogP contribution is 2.29. The van der Waals surface area contributed by atoms with Crippen LogP contribution in [0.4, 0.5) is 11.4 Å². The first-order valence-corrected chi connectivity index (χ1v) is 10.2. The van der Waals surface area contributed by atoms with E-state index in [0.29, 0.717) is 35.1 Å². The van der Waals surface area contributed by atoms with Gasteiger partial charge in [-0.2, -0.15) is 5.10 Å². The predicted molar refractivity (Wildman–Crippen MR) is 117 cm³/mol. The molecule has 156 valence electrons. The number of pyridine rings is 1. The summed E-state index contributed by atoms with van der Waals surface area (Å²) < 4.78 is 1.84. The molecular weight excluding hydrogens is 404 g/mol. The fraction of sp³-hybridized carbons (Fsp3) is 0.333. The summed E-state index contributed by atoms with van der Waals surface area (Å²) in [6, 6.07) is 7.28. The molecule has 0 unspecified atom stereocenters. The van der Waals surface area contributed by atoms with Crippen LogP contribution < -0.4 is 15.5 Å². The summed E-state index contributed by atoms with van der Waals surface area (Å²) in [5, 5.41) is 11.3. The molecule has 0 spiro atoms. The molecule has 1 fully saturated rings. The highest BCUT2D eigenvalue weighted by molar-refractivity contribution is 6.33. The number of benzene rings is 1. The van der Waals surface area contributed by atoms with Crippen LogP contribution in [0.1, 0.15) is 35.9 Å². The molecule has 0 bridgehead atoms. The minimum absolute atomic E-state index is 0.0335. The summed E-state index contributed by atoms with van der Waals surface area (Å²) in [6.07, 6.45) is 1.72. The number of carbonyl (C=O) groups excluding carboxylic acids is 2. The monoisotopic (exact) mass is 426 g/mol. The lowest BCUT2D eigenvalue weighted by Crippen LogP contribution is -2.47. The number of aryl methyl sites for hydroxylation is 1. The zero-order chi connectivity index (χ0) is 21.4. The van der Waals surface area contributed by atoms with Gasteiger partial charge in [-0.25, -0.2) is 9.67 Å². The molecule has 0 saturated carbocycles. The average Bonchev–Trinajstić information content (AvgIpc) is 3.10. The molecule has 2 N–H and O–H groups in total. The Kier molecular flexibility index (Phi) is 5.34. The Morgan fingerprint density at radius 3 is 2.80 bits per heavy atom. The molecule has 1 aliphatic rings. The average molecular weight is 427 g/mol. The number of aromatic nitrogens is 3. The fourth-order valence-corrected chi connectivity index (χ4v) is 3.86. The van der Waals surface area contributed by atoms with E-state index in [0.717, 1.165) is 16.7 Å². The number of piperazine rings is 1. The van der Waals surface area contributed by atoms with Crippen LogP contribution in [0.15, 0.2) is 30.5 Å². The van der Waals surface area contributed by atoms with Crippen molar-refractivity contribution in [3.63, 3.8) is 0 Å². The Bertz CT molecular complexity index is 1140. The second-order valence-electron chi connectivity index (χ2n) is 7.61. The second-order valence-corrected chi connectivity index (χ2v) is 8.02. The van der Waals surface area contributed by atoms with E-state index in [1.165, 1.54) is 0 Å². The van der Waals surface area contributed by atoms with Crippen molar-refractivity contribution < 1.29 is 9.59 Å². The van der Waals surface area contributed by atoms with E-state index in [4.69, 9.17) is 11.6 Å². The van der Waals surface area contributed by atoms with Crippen molar-refractivity contribution in [1.29, 1.82) is 0 Å². The number of hydrogen-bond acceptors (Lipinski definition) is 5. The van der Waals surface area contributed by atoms with Gasteiger partial charge in [0.2, 0.25) is 5.91 Å². The van der Waals surface area contributed by atoms with Gasteiger partial charge >= 0.3 is 0 Å². The second kappa shape index (κ2) is 7.95. The lowest BCUT2D eigenvalue weighted by atomic mass is 10.1. The SMILES string of the molecule is Cc1nc2c(cnn2C(C)C)cc1C(=O)Nc1ccc(N2CCNC(=O)C2)c(Cl)c1. The van der Waals surface area contributed by atoms with E-state index >= 15 is 0 Å². The quantitative estimate of drug-likeness (QED) is 0.668. The van der Waals surface area contributed by atoms with Crippen molar-refractivity contribution >= 4 is 45.8 Å². The number of nitrogens with zero attached hydrogens (tertiary/aromatic N) is 4. The van der Waals surface area contributed by atoms with E-state index in [1.54, 1.807) is 24.4 Å². The van der Waals surface area contributed by atoms with Crippen molar-refractivity contribution in [3.05, 3.63) is 46.7 Å². The Labute approximate surface area is 179 Å². The lowest BCUT2D eigenvalue weighted by Gasteiger charge is -2.29. The Morgan fingerprint density at radius 1 is 1.30 bits per heavy atom. The van der Waals surface area contributed by atoms with Crippen LogP contribution in [0.2, 0.25) is 5.02 Å². The largest absolute Gasteiger partial charge is 0.359 e. The summed E-state index contributed by atoms with van der Waals surface area (Å²) in [5.74, 6) is -0.297. The third-order valence-electron chi connectivity index (χ3n) is 5.08. The Morgan fingerprint density at radius 2 is 2.10 bits per heavy atom. The maximum Gasteiger partial charge on any atom is 0.257 e. The van der Waals surface area contributed by atoms with Gasteiger partial charge in [-0.15, -0.1) is 0 Å². The predicted octanol–water partition coefficient (Wildman–Crippen LogP) is 3.16. The number of fused-ring (bicyclic) bond motifs is 1. The van der Waals surface area contributed by atoms with Crippen molar-refractivity contribution in [2.75, 3.05) is 29.9 Å². The zero-order valence-corrected chi connectivity index (χ0v) is 17.8. The van der Waals surface area contributed by atoms with Crippen LogP contribution >= 0.6 is 11.6 Å². The third-order valence-corrected chi connectivity index (χ3v) is 5.38. The van der Waals surface area contributed by atoms with Crippen LogP contribution in [0, 0.1) is 6.92 Å². The normalized spacial score (nSPS) is 14.3. The number of halogens is 1. The fourth-order valence-electron chi connectivity index (χ4n) is 3.56. The molecule has 3 heterocycles. The molecule has 30 heavy (non-hydrogen) atoms. The van der Waals surface area contributed by atoms with Gasteiger partial charge < -0.3 is 15.5 Å². The molecule has 0 atom stereocenters. The highest BCUT2D eigenvalue weighted by Gasteiger charge is 2.20. The molecule has 1 aliphatic heterocycles. The van der Waals surface area contributed by atoms with Gasteiger partial charge in [-0.3, -0.25) is 9.59 Å². The minimum atomic E-state index is -0.264. The summed E-state index contributed by atoms with van der Waals surface area (Å²) in [4.78, 5) is 31.0. The third kappa shape index (κ3) is 3.82.